The van der Waals surface area contributed by atoms with Gasteiger partial charge in [0, 0.05) is 26.2 Å². The molecule has 0 aromatic carbocycles. The number of Topliss-reactive ketones (excluding diaryl/α,β-unsaturated/α-hetero) is 1. The van der Waals surface area contributed by atoms with Crippen LogP contribution in [-0.2, 0) is 14.3 Å². The third-order valence-electron chi connectivity index (χ3n) is 3.21. The van der Waals surface area contributed by atoms with E-state index in [1.807, 2.05) is 0 Å². The summed E-state index contributed by atoms with van der Waals surface area (Å²) >= 11 is 0. The highest BCUT2D eigenvalue weighted by Gasteiger charge is 2.39. The number of carbonyl (C=O) groups excluding carboxylic acids is 1. The van der Waals surface area contributed by atoms with Crippen molar-refractivity contribution in [3.05, 3.63) is 0 Å². The fourth-order valence-electron chi connectivity index (χ4n) is 2.15. The van der Waals surface area contributed by atoms with Crippen LogP contribution in [0.15, 0.2) is 0 Å². The number of hydrogen-bond donors (Lipinski definition) is 0. The average Bonchev–Trinajstić information content (AvgIpc) is 3.04. The Kier molecular flexibility index (Phi) is 3.19. The number of ether oxygens (including phenoxy) is 2. The number of hydrogen-bond acceptors (Lipinski definition) is 3. The van der Waals surface area contributed by atoms with Gasteiger partial charge in [-0.3, -0.25) is 4.79 Å². The van der Waals surface area contributed by atoms with Crippen LogP contribution in [0.25, 0.3) is 0 Å². The highest BCUT2D eigenvalue weighted by molar-refractivity contribution is 5.86. The first-order valence-corrected chi connectivity index (χ1v) is 5.47. The van der Waals surface area contributed by atoms with Crippen molar-refractivity contribution in [2.45, 2.75) is 31.8 Å². The third kappa shape index (κ3) is 2.15. The lowest BCUT2D eigenvalue weighted by Crippen LogP contribution is -2.34. The van der Waals surface area contributed by atoms with Crippen LogP contribution in [-0.4, -0.2) is 32.2 Å². The molecular weight excluding hydrogens is 180 g/mol. The second-order valence-corrected chi connectivity index (χ2v) is 4.28. The third-order valence-corrected chi connectivity index (χ3v) is 3.21. The largest absolute Gasteiger partial charge is 0.381 e. The van der Waals surface area contributed by atoms with Crippen LogP contribution < -0.4 is 0 Å². The van der Waals surface area contributed by atoms with Gasteiger partial charge in [-0.25, -0.2) is 0 Å². The molecule has 2 rings (SSSR count). The second-order valence-electron chi connectivity index (χ2n) is 4.28. The summed E-state index contributed by atoms with van der Waals surface area (Å²) in [5, 5.41) is 0. The molecule has 1 heterocycles. The van der Waals surface area contributed by atoms with Gasteiger partial charge < -0.3 is 9.47 Å². The Bertz CT molecular complexity index is 205. The molecule has 0 spiro atoms. The fraction of sp³-hybridized carbons (Fsp3) is 0.909. The van der Waals surface area contributed by atoms with Crippen molar-refractivity contribution in [1.82, 2.24) is 0 Å². The zero-order valence-corrected chi connectivity index (χ0v) is 8.70. The van der Waals surface area contributed by atoms with Gasteiger partial charge in [0.05, 0.1) is 0 Å². The minimum Gasteiger partial charge on any atom is -0.381 e. The van der Waals surface area contributed by atoms with E-state index in [9.17, 15) is 4.79 Å². The van der Waals surface area contributed by atoms with Crippen LogP contribution in [0, 0.1) is 11.8 Å². The molecule has 2 fully saturated rings. The van der Waals surface area contributed by atoms with Crippen LogP contribution >= 0.6 is 0 Å². The number of rotatable bonds is 4. The quantitative estimate of drug-likeness (QED) is 0.685. The van der Waals surface area contributed by atoms with E-state index < -0.39 is 0 Å². The molecule has 0 radical (unpaired) electrons. The van der Waals surface area contributed by atoms with E-state index in [-0.39, 0.29) is 12.0 Å². The number of carbonyl (C=O) groups is 1. The van der Waals surface area contributed by atoms with E-state index >= 15 is 0 Å². The van der Waals surface area contributed by atoms with Crippen molar-refractivity contribution >= 4 is 5.78 Å². The molecule has 0 N–H and O–H groups in total. The van der Waals surface area contributed by atoms with E-state index in [0.29, 0.717) is 11.7 Å². The molecule has 0 aromatic heterocycles. The van der Waals surface area contributed by atoms with E-state index in [4.69, 9.17) is 9.47 Å². The van der Waals surface area contributed by atoms with Gasteiger partial charge in [-0.05, 0) is 31.6 Å². The maximum atomic E-state index is 12.0. The van der Waals surface area contributed by atoms with Crippen molar-refractivity contribution < 1.29 is 14.3 Å². The monoisotopic (exact) mass is 198 g/mol. The maximum absolute atomic E-state index is 12.0. The Morgan fingerprint density at radius 1 is 1.29 bits per heavy atom. The van der Waals surface area contributed by atoms with E-state index in [2.05, 4.69) is 0 Å². The summed E-state index contributed by atoms with van der Waals surface area (Å²) in [5.41, 5.74) is 0. The van der Waals surface area contributed by atoms with E-state index in [1.54, 1.807) is 7.11 Å². The summed E-state index contributed by atoms with van der Waals surface area (Å²) in [5.74, 6) is 1.02. The smallest absolute Gasteiger partial charge is 0.165 e. The molecule has 80 valence electrons. The lowest BCUT2D eigenvalue weighted by Gasteiger charge is -2.24. The van der Waals surface area contributed by atoms with Crippen LogP contribution in [0.3, 0.4) is 0 Å². The molecule has 0 aromatic rings. The second kappa shape index (κ2) is 4.41. The number of ketones is 1. The summed E-state index contributed by atoms with van der Waals surface area (Å²) in [4.78, 5) is 12.0. The Morgan fingerprint density at radius 3 is 2.43 bits per heavy atom. The molecule has 3 heteroatoms. The maximum Gasteiger partial charge on any atom is 0.165 e. The minimum absolute atomic E-state index is 0.127. The van der Waals surface area contributed by atoms with Crippen molar-refractivity contribution in [2.24, 2.45) is 11.8 Å². The standard InChI is InChI=1S/C11H18O3/c1-13-11(9-2-3-9)10(12)8-4-6-14-7-5-8/h8-9,11H,2-7H2,1H3. The predicted molar refractivity (Wildman–Crippen MR) is 52.1 cm³/mol. The molecular formula is C11H18O3. The molecule has 3 nitrogen and oxygen atoms in total. The Labute approximate surface area is 84.8 Å². The van der Waals surface area contributed by atoms with Gasteiger partial charge in [-0.2, -0.15) is 0 Å². The molecule has 1 aliphatic heterocycles. The molecule has 0 bridgehead atoms. The zero-order valence-electron chi connectivity index (χ0n) is 8.70. The van der Waals surface area contributed by atoms with Crippen molar-refractivity contribution in [1.29, 1.82) is 0 Å². The van der Waals surface area contributed by atoms with Crippen LogP contribution in [0.2, 0.25) is 0 Å². The Balaban J connectivity index is 1.90. The van der Waals surface area contributed by atoms with Crippen LogP contribution in [0.5, 0.6) is 0 Å². The van der Waals surface area contributed by atoms with Gasteiger partial charge in [0.1, 0.15) is 6.10 Å². The van der Waals surface area contributed by atoms with Gasteiger partial charge in [0.15, 0.2) is 5.78 Å². The van der Waals surface area contributed by atoms with Gasteiger partial charge in [0.25, 0.3) is 0 Å². The first-order valence-electron chi connectivity index (χ1n) is 5.47. The van der Waals surface area contributed by atoms with Gasteiger partial charge in [0.2, 0.25) is 0 Å². The highest BCUT2D eigenvalue weighted by atomic mass is 16.5. The first-order chi connectivity index (χ1) is 6.83. The average molecular weight is 198 g/mol. The summed E-state index contributed by atoms with van der Waals surface area (Å²) in [6.45, 7) is 1.47. The molecule has 0 amide bonds. The lowest BCUT2D eigenvalue weighted by atomic mass is 9.90. The van der Waals surface area contributed by atoms with Gasteiger partial charge in [-0.15, -0.1) is 0 Å². The van der Waals surface area contributed by atoms with Crippen molar-refractivity contribution in [3.63, 3.8) is 0 Å². The topological polar surface area (TPSA) is 35.5 Å². The first kappa shape index (κ1) is 10.1. The molecule has 14 heavy (non-hydrogen) atoms. The molecule has 1 unspecified atom stereocenters. The zero-order chi connectivity index (χ0) is 9.97. The summed E-state index contributed by atoms with van der Waals surface area (Å²) < 4.78 is 10.5. The van der Waals surface area contributed by atoms with Gasteiger partial charge in [-0.1, -0.05) is 0 Å². The van der Waals surface area contributed by atoms with E-state index in [0.717, 1.165) is 38.9 Å². The summed E-state index contributed by atoms with van der Waals surface area (Å²) in [7, 11) is 1.65. The van der Waals surface area contributed by atoms with Crippen molar-refractivity contribution in [2.75, 3.05) is 20.3 Å². The molecule has 1 saturated carbocycles. The minimum atomic E-state index is -0.127. The van der Waals surface area contributed by atoms with Crippen LogP contribution in [0.1, 0.15) is 25.7 Å². The van der Waals surface area contributed by atoms with Gasteiger partial charge >= 0.3 is 0 Å². The van der Waals surface area contributed by atoms with Crippen LogP contribution in [0.4, 0.5) is 0 Å². The Morgan fingerprint density at radius 2 is 1.93 bits per heavy atom. The molecule has 1 saturated heterocycles. The predicted octanol–water partition coefficient (Wildman–Crippen LogP) is 1.41. The highest BCUT2D eigenvalue weighted by Crippen LogP contribution is 2.36. The Hall–Kier alpha value is -0.410. The molecule has 1 atom stereocenters. The summed E-state index contributed by atoms with van der Waals surface area (Å²) in [6, 6.07) is 0. The summed E-state index contributed by atoms with van der Waals surface area (Å²) in [6.07, 6.45) is 3.95. The number of methoxy groups -OCH3 is 1. The SMILES string of the molecule is COC(C(=O)C1CCOCC1)C1CC1. The normalized spacial score (nSPS) is 26.1. The van der Waals surface area contributed by atoms with E-state index in [1.165, 1.54) is 0 Å². The fourth-order valence-corrected chi connectivity index (χ4v) is 2.15. The van der Waals surface area contributed by atoms with Crippen molar-refractivity contribution in [3.8, 4) is 0 Å². The molecule has 2 aliphatic rings. The lowest BCUT2D eigenvalue weighted by molar-refractivity contribution is -0.137. The molecule has 1 aliphatic carbocycles.